The number of aliphatic hydroxyl groups is 2. The van der Waals surface area contributed by atoms with Crippen molar-refractivity contribution < 1.29 is 24.5 Å². The SMILES string of the molecule is CCCCCCCC/C=C\CCCCCCCCCC(=O)OCCCCCCCCCCCCCC(=O)NC(CO)C(O)CCCCCCCCCCC. The van der Waals surface area contributed by atoms with Crippen LogP contribution in [0.25, 0.3) is 0 Å². The number of rotatable bonds is 44. The van der Waals surface area contributed by atoms with Gasteiger partial charge in [-0.2, -0.15) is 0 Å². The van der Waals surface area contributed by atoms with E-state index in [2.05, 4.69) is 31.3 Å². The Morgan fingerprint density at radius 2 is 0.870 bits per heavy atom. The van der Waals surface area contributed by atoms with Gasteiger partial charge in [-0.15, -0.1) is 0 Å². The number of carbonyl (C=O) groups is 2. The zero-order valence-electron chi connectivity index (χ0n) is 36.2. The van der Waals surface area contributed by atoms with Crippen LogP contribution >= 0.6 is 0 Å². The Bertz CT molecular complexity index is 802. The molecule has 2 unspecified atom stereocenters. The average Bonchev–Trinajstić information content (AvgIpc) is 3.17. The van der Waals surface area contributed by atoms with Crippen LogP contribution in [0.5, 0.6) is 0 Å². The van der Waals surface area contributed by atoms with Crippen molar-refractivity contribution in [3.8, 4) is 0 Å². The minimum Gasteiger partial charge on any atom is -0.466 e. The summed E-state index contributed by atoms with van der Waals surface area (Å²) in [6, 6.07) is -0.552. The Morgan fingerprint density at radius 1 is 0.500 bits per heavy atom. The predicted molar refractivity (Wildman–Crippen MR) is 232 cm³/mol. The molecule has 0 aliphatic heterocycles. The number of unbranched alkanes of at least 4 members (excludes halogenated alkanes) is 31. The molecule has 0 rings (SSSR count). The van der Waals surface area contributed by atoms with Gasteiger partial charge in [-0.25, -0.2) is 0 Å². The molecule has 320 valence electrons. The molecule has 0 aromatic rings. The van der Waals surface area contributed by atoms with Crippen LogP contribution in [0.1, 0.15) is 258 Å². The van der Waals surface area contributed by atoms with E-state index in [-0.39, 0.29) is 18.5 Å². The Hall–Kier alpha value is -1.40. The monoisotopic (exact) mass is 764 g/mol. The third-order valence-electron chi connectivity index (χ3n) is 11.1. The second kappa shape index (κ2) is 44.3. The van der Waals surface area contributed by atoms with Gasteiger partial charge in [0, 0.05) is 12.8 Å². The van der Waals surface area contributed by atoms with Crippen molar-refractivity contribution in [2.24, 2.45) is 0 Å². The first-order chi connectivity index (χ1) is 26.5. The molecule has 3 N–H and O–H groups in total. The molecule has 2 atom stereocenters. The lowest BCUT2D eigenvalue weighted by Crippen LogP contribution is -2.45. The molecule has 6 nitrogen and oxygen atoms in total. The standard InChI is InChI=1S/C48H93NO5/c1-3-5-7-9-11-13-14-15-16-17-18-19-22-26-30-34-38-42-48(53)54-43-39-35-31-27-23-20-21-25-29-33-37-41-47(52)49-45(44-50)46(51)40-36-32-28-24-12-10-8-6-4-2/h15-16,45-46,50-51H,3-14,17-44H2,1-2H3,(H,49,52)/b16-15-. The maximum absolute atomic E-state index is 12.4. The summed E-state index contributed by atoms with van der Waals surface area (Å²) in [6.45, 7) is 4.88. The maximum Gasteiger partial charge on any atom is 0.305 e. The summed E-state index contributed by atoms with van der Waals surface area (Å²) in [5.74, 6) is -0.0740. The van der Waals surface area contributed by atoms with Crippen molar-refractivity contribution in [2.45, 2.75) is 270 Å². The molecule has 54 heavy (non-hydrogen) atoms. The van der Waals surface area contributed by atoms with Crippen molar-refractivity contribution in [2.75, 3.05) is 13.2 Å². The molecule has 0 aromatic carbocycles. The summed E-state index contributed by atoms with van der Waals surface area (Å²) >= 11 is 0. The number of hydrogen-bond donors (Lipinski definition) is 3. The molecule has 0 aromatic heterocycles. The molecule has 0 fully saturated rings. The number of aliphatic hydroxyl groups excluding tert-OH is 2. The number of nitrogens with one attached hydrogen (secondary N) is 1. The number of hydrogen-bond acceptors (Lipinski definition) is 5. The van der Waals surface area contributed by atoms with E-state index in [0.717, 1.165) is 57.8 Å². The molecule has 0 heterocycles. The van der Waals surface area contributed by atoms with E-state index in [4.69, 9.17) is 4.74 Å². The molecular formula is C48H93NO5. The predicted octanol–water partition coefficient (Wildman–Crippen LogP) is 13.8. The van der Waals surface area contributed by atoms with Gasteiger partial charge in [0.2, 0.25) is 5.91 Å². The van der Waals surface area contributed by atoms with Gasteiger partial charge >= 0.3 is 5.97 Å². The fraction of sp³-hybridized carbons (Fsp3) is 0.917. The van der Waals surface area contributed by atoms with Crippen molar-refractivity contribution in [1.82, 2.24) is 5.32 Å². The number of amides is 1. The first-order valence-electron chi connectivity index (χ1n) is 23.9. The summed E-state index contributed by atoms with van der Waals surface area (Å²) in [6.07, 6.45) is 48.9. The maximum atomic E-state index is 12.4. The van der Waals surface area contributed by atoms with Crippen LogP contribution < -0.4 is 5.32 Å². The van der Waals surface area contributed by atoms with Crippen LogP contribution in [0.4, 0.5) is 0 Å². The van der Waals surface area contributed by atoms with Gasteiger partial charge < -0.3 is 20.3 Å². The van der Waals surface area contributed by atoms with E-state index in [0.29, 0.717) is 25.9 Å². The quantitative estimate of drug-likeness (QED) is 0.0326. The minimum absolute atomic E-state index is 0.0175. The van der Waals surface area contributed by atoms with Gasteiger partial charge in [0.25, 0.3) is 0 Å². The zero-order chi connectivity index (χ0) is 39.4. The van der Waals surface area contributed by atoms with E-state index in [1.54, 1.807) is 0 Å². The lowest BCUT2D eigenvalue weighted by molar-refractivity contribution is -0.143. The first kappa shape index (κ1) is 52.6. The van der Waals surface area contributed by atoms with E-state index >= 15 is 0 Å². The topological polar surface area (TPSA) is 95.9 Å². The summed E-state index contributed by atoms with van der Waals surface area (Å²) in [5.41, 5.74) is 0. The zero-order valence-corrected chi connectivity index (χ0v) is 36.2. The van der Waals surface area contributed by atoms with Gasteiger partial charge in [0.05, 0.1) is 25.4 Å². The van der Waals surface area contributed by atoms with E-state index < -0.39 is 12.1 Å². The highest BCUT2D eigenvalue weighted by Crippen LogP contribution is 2.15. The average molecular weight is 764 g/mol. The van der Waals surface area contributed by atoms with Gasteiger partial charge in [0.1, 0.15) is 0 Å². The summed E-state index contributed by atoms with van der Waals surface area (Å²) in [4.78, 5) is 24.4. The first-order valence-corrected chi connectivity index (χ1v) is 23.9. The van der Waals surface area contributed by atoms with Crippen molar-refractivity contribution in [3.05, 3.63) is 12.2 Å². The molecule has 0 spiro atoms. The molecular weight excluding hydrogens is 671 g/mol. The number of carbonyl (C=O) groups excluding carboxylic acids is 2. The molecule has 0 aliphatic rings. The lowest BCUT2D eigenvalue weighted by Gasteiger charge is -2.22. The Labute approximate surface area is 336 Å². The minimum atomic E-state index is -0.673. The van der Waals surface area contributed by atoms with Crippen molar-refractivity contribution in [3.63, 3.8) is 0 Å². The van der Waals surface area contributed by atoms with Gasteiger partial charge in [-0.1, -0.05) is 206 Å². The highest BCUT2D eigenvalue weighted by molar-refractivity contribution is 5.76. The second-order valence-electron chi connectivity index (χ2n) is 16.4. The molecule has 1 amide bonds. The van der Waals surface area contributed by atoms with Gasteiger partial charge in [0.15, 0.2) is 0 Å². The second-order valence-corrected chi connectivity index (χ2v) is 16.4. The Morgan fingerprint density at radius 3 is 1.31 bits per heavy atom. The normalized spacial score (nSPS) is 12.7. The Balaban J connectivity index is 3.43. The van der Waals surface area contributed by atoms with Crippen molar-refractivity contribution in [1.29, 1.82) is 0 Å². The van der Waals surface area contributed by atoms with Crippen LogP contribution in [0.3, 0.4) is 0 Å². The highest BCUT2D eigenvalue weighted by atomic mass is 16.5. The van der Waals surface area contributed by atoms with E-state index in [1.807, 2.05) is 0 Å². The van der Waals surface area contributed by atoms with Crippen molar-refractivity contribution >= 4 is 11.9 Å². The van der Waals surface area contributed by atoms with Gasteiger partial charge in [-0.3, -0.25) is 9.59 Å². The fourth-order valence-corrected chi connectivity index (χ4v) is 7.34. The molecule has 0 bridgehead atoms. The summed E-state index contributed by atoms with van der Waals surface area (Å²) in [5, 5.41) is 23.0. The molecule has 0 radical (unpaired) electrons. The number of esters is 1. The largest absolute Gasteiger partial charge is 0.466 e. The third kappa shape index (κ3) is 40.3. The lowest BCUT2D eigenvalue weighted by atomic mass is 10.0. The van der Waals surface area contributed by atoms with E-state index in [9.17, 15) is 19.8 Å². The third-order valence-corrected chi connectivity index (χ3v) is 11.1. The number of ether oxygens (including phenoxy) is 1. The summed E-state index contributed by atoms with van der Waals surface area (Å²) < 4.78 is 5.46. The van der Waals surface area contributed by atoms with E-state index in [1.165, 1.54) is 167 Å². The van der Waals surface area contributed by atoms with Crippen LogP contribution in [0, 0.1) is 0 Å². The molecule has 0 saturated heterocycles. The van der Waals surface area contributed by atoms with Crippen LogP contribution in [0.2, 0.25) is 0 Å². The molecule has 0 aliphatic carbocycles. The summed E-state index contributed by atoms with van der Waals surface area (Å²) in [7, 11) is 0. The number of allylic oxidation sites excluding steroid dienone is 2. The highest BCUT2D eigenvalue weighted by Gasteiger charge is 2.20. The van der Waals surface area contributed by atoms with Crippen LogP contribution in [-0.4, -0.2) is 47.4 Å². The Kier molecular flexibility index (Phi) is 43.2. The fourth-order valence-electron chi connectivity index (χ4n) is 7.34. The van der Waals surface area contributed by atoms with Crippen LogP contribution in [-0.2, 0) is 14.3 Å². The van der Waals surface area contributed by atoms with Crippen LogP contribution in [0.15, 0.2) is 12.2 Å². The molecule has 0 saturated carbocycles. The smallest absolute Gasteiger partial charge is 0.305 e. The van der Waals surface area contributed by atoms with Gasteiger partial charge in [-0.05, 0) is 51.4 Å². The molecule has 6 heteroatoms.